The molecular weight excluding hydrogens is 336 g/mol. The number of carbonyl (C=O) groups is 2. The second-order valence-corrected chi connectivity index (χ2v) is 7.12. The lowest BCUT2D eigenvalue weighted by molar-refractivity contribution is -0.137. The number of hydrogen-bond donors (Lipinski definition) is 3. The minimum absolute atomic E-state index is 0.0772. The van der Waals surface area contributed by atoms with Crippen LogP contribution in [0, 0.1) is 5.41 Å². The Labute approximate surface area is 133 Å². The van der Waals surface area contributed by atoms with Crippen molar-refractivity contribution in [1.29, 1.82) is 0 Å². The maximum atomic E-state index is 12.2. The second-order valence-electron chi connectivity index (χ2n) is 6.27. The van der Waals surface area contributed by atoms with Crippen LogP contribution in [-0.4, -0.2) is 23.0 Å². The zero-order chi connectivity index (χ0) is 16.2. The van der Waals surface area contributed by atoms with Gasteiger partial charge in [-0.25, -0.2) is 0 Å². The van der Waals surface area contributed by atoms with Crippen LogP contribution < -0.4 is 11.1 Å². The first-order chi connectivity index (χ1) is 9.58. The van der Waals surface area contributed by atoms with Gasteiger partial charge in [-0.3, -0.25) is 9.59 Å². The minimum Gasteiger partial charge on any atom is -0.481 e. The number of carboxylic acid groups (broad SMARTS) is 1. The molecule has 6 heteroatoms. The molecule has 0 aromatic heterocycles. The van der Waals surface area contributed by atoms with E-state index in [2.05, 4.69) is 21.2 Å². The quantitative estimate of drug-likeness (QED) is 0.707. The van der Waals surface area contributed by atoms with Crippen LogP contribution in [0.4, 0.5) is 5.69 Å². The average molecular weight is 357 g/mol. The Kier molecular flexibility index (Phi) is 5.78. The second kappa shape index (κ2) is 6.93. The van der Waals surface area contributed by atoms with Gasteiger partial charge in [0.15, 0.2) is 0 Å². The van der Waals surface area contributed by atoms with Crippen LogP contribution in [0.5, 0.6) is 0 Å². The fourth-order valence-corrected chi connectivity index (χ4v) is 2.32. The SMILES string of the molecule is CC(C)(C)CC(CC(=O)O)NC(=O)c1ccc(Br)c(N)c1. The number of carboxylic acids is 1. The highest BCUT2D eigenvalue weighted by molar-refractivity contribution is 9.10. The third kappa shape index (κ3) is 6.16. The van der Waals surface area contributed by atoms with Crippen molar-refractivity contribution in [2.24, 2.45) is 5.41 Å². The third-order valence-corrected chi connectivity index (χ3v) is 3.60. The van der Waals surface area contributed by atoms with E-state index >= 15 is 0 Å². The van der Waals surface area contributed by atoms with Crippen molar-refractivity contribution >= 4 is 33.5 Å². The third-order valence-electron chi connectivity index (χ3n) is 2.87. The summed E-state index contributed by atoms with van der Waals surface area (Å²) in [5.74, 6) is -1.25. The molecule has 0 saturated carbocycles. The molecule has 1 aromatic rings. The first kappa shape index (κ1) is 17.5. The zero-order valence-electron chi connectivity index (χ0n) is 12.4. The van der Waals surface area contributed by atoms with E-state index in [9.17, 15) is 9.59 Å². The van der Waals surface area contributed by atoms with Gasteiger partial charge in [0.05, 0.1) is 6.42 Å². The number of amides is 1. The number of anilines is 1. The van der Waals surface area contributed by atoms with Crippen molar-refractivity contribution in [3.63, 3.8) is 0 Å². The van der Waals surface area contributed by atoms with E-state index < -0.39 is 12.0 Å². The lowest BCUT2D eigenvalue weighted by Crippen LogP contribution is -2.39. The number of nitrogens with two attached hydrogens (primary N) is 1. The molecule has 0 aliphatic heterocycles. The number of aliphatic carboxylic acids is 1. The zero-order valence-corrected chi connectivity index (χ0v) is 14.0. The molecule has 1 unspecified atom stereocenters. The normalized spacial score (nSPS) is 12.8. The number of benzene rings is 1. The molecule has 116 valence electrons. The summed E-state index contributed by atoms with van der Waals surface area (Å²) in [4.78, 5) is 23.1. The van der Waals surface area contributed by atoms with Crippen molar-refractivity contribution in [2.45, 2.75) is 39.7 Å². The van der Waals surface area contributed by atoms with E-state index in [1.54, 1.807) is 18.2 Å². The minimum atomic E-state index is -0.931. The van der Waals surface area contributed by atoms with Crippen LogP contribution >= 0.6 is 15.9 Å². The molecule has 0 fully saturated rings. The van der Waals surface area contributed by atoms with Gasteiger partial charge in [0.2, 0.25) is 0 Å². The molecule has 0 spiro atoms. The van der Waals surface area contributed by atoms with Gasteiger partial charge < -0.3 is 16.2 Å². The number of rotatable bonds is 5. The summed E-state index contributed by atoms with van der Waals surface area (Å²) in [7, 11) is 0. The topological polar surface area (TPSA) is 92.4 Å². The van der Waals surface area contributed by atoms with Gasteiger partial charge >= 0.3 is 5.97 Å². The summed E-state index contributed by atoms with van der Waals surface area (Å²) < 4.78 is 0.718. The standard InChI is InChI=1S/C15H21BrN2O3/c1-15(2,3)8-10(7-13(19)20)18-14(21)9-4-5-11(16)12(17)6-9/h4-6,10H,7-8,17H2,1-3H3,(H,18,21)(H,19,20). The Balaban J connectivity index is 2.83. The fraction of sp³-hybridized carbons (Fsp3) is 0.467. The van der Waals surface area contributed by atoms with E-state index in [-0.39, 0.29) is 17.7 Å². The lowest BCUT2D eigenvalue weighted by atomic mass is 9.87. The summed E-state index contributed by atoms with van der Waals surface area (Å²) in [6.07, 6.45) is 0.478. The molecule has 5 nitrogen and oxygen atoms in total. The molecule has 0 heterocycles. The van der Waals surface area contributed by atoms with Crippen LogP contribution in [-0.2, 0) is 4.79 Å². The van der Waals surface area contributed by atoms with E-state index in [1.165, 1.54) is 0 Å². The molecule has 0 saturated heterocycles. The summed E-state index contributed by atoms with van der Waals surface area (Å²) in [6.45, 7) is 6.02. The number of hydrogen-bond acceptors (Lipinski definition) is 3. The molecule has 0 aliphatic carbocycles. The van der Waals surface area contributed by atoms with Gasteiger partial charge in [0.25, 0.3) is 5.91 Å². The van der Waals surface area contributed by atoms with E-state index in [4.69, 9.17) is 10.8 Å². The number of halogens is 1. The summed E-state index contributed by atoms with van der Waals surface area (Å²) in [6, 6.07) is 4.49. The Bertz CT molecular complexity index is 538. The summed E-state index contributed by atoms with van der Waals surface area (Å²) in [5.41, 5.74) is 6.56. The fourth-order valence-electron chi connectivity index (χ4n) is 2.08. The highest BCUT2D eigenvalue weighted by atomic mass is 79.9. The van der Waals surface area contributed by atoms with Crippen molar-refractivity contribution < 1.29 is 14.7 Å². The van der Waals surface area contributed by atoms with Crippen molar-refractivity contribution in [1.82, 2.24) is 5.32 Å². The van der Waals surface area contributed by atoms with Crippen molar-refractivity contribution in [3.05, 3.63) is 28.2 Å². The molecule has 1 aromatic carbocycles. The maximum absolute atomic E-state index is 12.2. The predicted molar refractivity (Wildman–Crippen MR) is 86.1 cm³/mol. The molecule has 0 radical (unpaired) electrons. The van der Waals surface area contributed by atoms with E-state index in [0.29, 0.717) is 17.7 Å². The number of nitrogen functional groups attached to an aromatic ring is 1. The molecule has 0 aliphatic rings. The van der Waals surface area contributed by atoms with Gasteiger partial charge in [-0.2, -0.15) is 0 Å². The van der Waals surface area contributed by atoms with Gasteiger partial charge in [0, 0.05) is 21.8 Å². The van der Waals surface area contributed by atoms with Crippen molar-refractivity contribution in [3.8, 4) is 0 Å². The number of carbonyl (C=O) groups excluding carboxylic acids is 1. The van der Waals surface area contributed by atoms with Gasteiger partial charge in [-0.05, 0) is 46.0 Å². The van der Waals surface area contributed by atoms with Gasteiger partial charge in [0.1, 0.15) is 0 Å². The summed E-state index contributed by atoms with van der Waals surface area (Å²) >= 11 is 3.27. The van der Waals surface area contributed by atoms with Crippen LogP contribution in [0.2, 0.25) is 0 Å². The Morgan fingerprint density at radius 2 is 2.00 bits per heavy atom. The lowest BCUT2D eigenvalue weighted by Gasteiger charge is -2.26. The summed E-state index contributed by atoms with van der Waals surface area (Å²) in [5, 5.41) is 11.7. The largest absolute Gasteiger partial charge is 0.481 e. The van der Waals surface area contributed by atoms with E-state index in [1.807, 2.05) is 20.8 Å². The highest BCUT2D eigenvalue weighted by Crippen LogP contribution is 2.23. The first-order valence-electron chi connectivity index (χ1n) is 6.66. The Morgan fingerprint density at radius 1 is 1.38 bits per heavy atom. The molecule has 1 atom stereocenters. The van der Waals surface area contributed by atoms with Crippen LogP contribution in [0.1, 0.15) is 44.0 Å². The smallest absolute Gasteiger partial charge is 0.305 e. The van der Waals surface area contributed by atoms with Gasteiger partial charge in [-0.15, -0.1) is 0 Å². The Hall–Kier alpha value is -1.56. The molecule has 1 amide bonds. The predicted octanol–water partition coefficient (Wildman–Crippen LogP) is 3.04. The maximum Gasteiger partial charge on any atom is 0.305 e. The van der Waals surface area contributed by atoms with Crippen LogP contribution in [0.25, 0.3) is 0 Å². The first-order valence-corrected chi connectivity index (χ1v) is 7.45. The number of nitrogens with one attached hydrogen (secondary N) is 1. The van der Waals surface area contributed by atoms with Crippen molar-refractivity contribution in [2.75, 3.05) is 5.73 Å². The molecule has 1 rings (SSSR count). The molecule has 0 bridgehead atoms. The van der Waals surface area contributed by atoms with Crippen LogP contribution in [0.3, 0.4) is 0 Å². The van der Waals surface area contributed by atoms with Gasteiger partial charge in [-0.1, -0.05) is 20.8 Å². The molecule has 21 heavy (non-hydrogen) atoms. The van der Waals surface area contributed by atoms with Crippen LogP contribution in [0.15, 0.2) is 22.7 Å². The molecular formula is C15H21BrN2O3. The average Bonchev–Trinajstić information content (AvgIpc) is 2.29. The molecule has 4 N–H and O–H groups in total. The monoisotopic (exact) mass is 356 g/mol. The highest BCUT2D eigenvalue weighted by Gasteiger charge is 2.23. The van der Waals surface area contributed by atoms with E-state index in [0.717, 1.165) is 4.47 Å². The Morgan fingerprint density at radius 3 is 2.48 bits per heavy atom.